The topological polar surface area (TPSA) is 50.9 Å². The van der Waals surface area contributed by atoms with Gasteiger partial charge in [-0.3, -0.25) is 0 Å². The van der Waals surface area contributed by atoms with Crippen LogP contribution < -0.4 is 0 Å². The third-order valence-corrected chi connectivity index (χ3v) is 3.82. The van der Waals surface area contributed by atoms with E-state index in [9.17, 15) is 0 Å². The van der Waals surface area contributed by atoms with Gasteiger partial charge in [0.05, 0.1) is 0 Å². The van der Waals surface area contributed by atoms with Gasteiger partial charge in [-0.15, -0.1) is 10.2 Å². The minimum atomic E-state index is 0.283. The maximum absolute atomic E-state index is 9.13. The highest BCUT2D eigenvalue weighted by molar-refractivity contribution is 5.07. The SMILES string of the molecule is OCC1CCn2c(nnc2C2CCC2)C1. The molecular formula is C11H17N3O. The van der Waals surface area contributed by atoms with Crippen molar-refractivity contribution in [3.05, 3.63) is 11.6 Å². The number of nitrogens with zero attached hydrogens (tertiary/aromatic N) is 3. The van der Waals surface area contributed by atoms with E-state index < -0.39 is 0 Å². The fourth-order valence-corrected chi connectivity index (χ4v) is 2.54. The van der Waals surface area contributed by atoms with Crippen LogP contribution in [0.1, 0.15) is 43.3 Å². The molecule has 1 aromatic rings. The molecule has 0 amide bonds. The van der Waals surface area contributed by atoms with Crippen LogP contribution in [-0.4, -0.2) is 26.5 Å². The summed E-state index contributed by atoms with van der Waals surface area (Å²) in [6, 6.07) is 0. The zero-order chi connectivity index (χ0) is 10.3. The van der Waals surface area contributed by atoms with Gasteiger partial charge in [-0.25, -0.2) is 0 Å². The first kappa shape index (κ1) is 9.33. The van der Waals surface area contributed by atoms with Crippen molar-refractivity contribution in [1.29, 1.82) is 0 Å². The average molecular weight is 207 g/mol. The van der Waals surface area contributed by atoms with Crippen LogP contribution in [0.4, 0.5) is 0 Å². The van der Waals surface area contributed by atoms with Gasteiger partial charge in [-0.1, -0.05) is 6.42 Å². The number of aliphatic hydroxyl groups excluding tert-OH is 1. The molecule has 4 nitrogen and oxygen atoms in total. The van der Waals surface area contributed by atoms with Crippen LogP contribution in [0.3, 0.4) is 0 Å². The van der Waals surface area contributed by atoms with Crippen molar-refractivity contribution in [2.45, 2.75) is 44.6 Å². The van der Waals surface area contributed by atoms with Crippen LogP contribution in [0.15, 0.2) is 0 Å². The maximum atomic E-state index is 9.13. The fourth-order valence-electron chi connectivity index (χ4n) is 2.54. The van der Waals surface area contributed by atoms with Crippen LogP contribution in [0.25, 0.3) is 0 Å². The van der Waals surface area contributed by atoms with E-state index in [0.717, 1.165) is 25.2 Å². The molecule has 4 heteroatoms. The number of aromatic nitrogens is 3. The smallest absolute Gasteiger partial charge is 0.136 e. The third-order valence-electron chi connectivity index (χ3n) is 3.82. The first-order valence-electron chi connectivity index (χ1n) is 5.91. The van der Waals surface area contributed by atoms with Crippen molar-refractivity contribution < 1.29 is 5.11 Å². The Balaban J connectivity index is 1.85. The molecule has 2 heterocycles. The van der Waals surface area contributed by atoms with Crippen LogP contribution in [0, 0.1) is 5.92 Å². The second-order valence-corrected chi connectivity index (χ2v) is 4.80. The highest BCUT2D eigenvalue weighted by atomic mass is 16.3. The first-order chi connectivity index (χ1) is 7.38. The van der Waals surface area contributed by atoms with Gasteiger partial charge in [0.1, 0.15) is 11.6 Å². The molecule has 0 spiro atoms. The van der Waals surface area contributed by atoms with Crippen molar-refractivity contribution in [3.8, 4) is 0 Å². The van der Waals surface area contributed by atoms with E-state index in [1.165, 1.54) is 25.1 Å². The molecule has 1 aliphatic heterocycles. The second kappa shape index (κ2) is 3.59. The largest absolute Gasteiger partial charge is 0.396 e. The molecule has 1 fully saturated rings. The van der Waals surface area contributed by atoms with Crippen LogP contribution >= 0.6 is 0 Å². The molecule has 0 saturated heterocycles. The van der Waals surface area contributed by atoms with Gasteiger partial charge in [0.15, 0.2) is 0 Å². The van der Waals surface area contributed by atoms with Gasteiger partial charge in [-0.05, 0) is 25.2 Å². The summed E-state index contributed by atoms with van der Waals surface area (Å²) in [6.07, 6.45) is 5.87. The molecule has 82 valence electrons. The number of fused-ring (bicyclic) bond motifs is 1. The van der Waals surface area contributed by atoms with E-state index in [1.807, 2.05) is 0 Å². The van der Waals surface area contributed by atoms with Gasteiger partial charge in [0.25, 0.3) is 0 Å². The minimum Gasteiger partial charge on any atom is -0.396 e. The van der Waals surface area contributed by atoms with Crippen molar-refractivity contribution in [1.82, 2.24) is 14.8 Å². The normalized spacial score (nSPS) is 26.1. The zero-order valence-corrected chi connectivity index (χ0v) is 8.89. The second-order valence-electron chi connectivity index (χ2n) is 4.80. The predicted molar refractivity (Wildman–Crippen MR) is 55.5 cm³/mol. The summed E-state index contributed by atoms with van der Waals surface area (Å²) in [4.78, 5) is 0. The molecule has 1 saturated carbocycles. The molecule has 1 N–H and O–H groups in total. The van der Waals surface area contributed by atoms with Crippen molar-refractivity contribution in [2.75, 3.05) is 6.61 Å². The molecular weight excluding hydrogens is 190 g/mol. The summed E-state index contributed by atoms with van der Waals surface area (Å²) in [5.41, 5.74) is 0. The number of rotatable bonds is 2. The summed E-state index contributed by atoms with van der Waals surface area (Å²) >= 11 is 0. The van der Waals surface area contributed by atoms with E-state index in [1.54, 1.807) is 0 Å². The molecule has 0 bridgehead atoms. The Morgan fingerprint density at radius 2 is 2.13 bits per heavy atom. The van der Waals surface area contributed by atoms with Gasteiger partial charge in [0, 0.05) is 25.5 Å². The fraction of sp³-hybridized carbons (Fsp3) is 0.818. The number of aliphatic hydroxyl groups is 1. The molecule has 3 rings (SSSR count). The Labute approximate surface area is 89.3 Å². The zero-order valence-electron chi connectivity index (χ0n) is 8.89. The van der Waals surface area contributed by atoms with Crippen molar-refractivity contribution in [3.63, 3.8) is 0 Å². The lowest BCUT2D eigenvalue weighted by molar-refractivity contribution is 0.197. The molecule has 2 aliphatic rings. The number of hydrogen-bond donors (Lipinski definition) is 1. The molecule has 15 heavy (non-hydrogen) atoms. The van der Waals surface area contributed by atoms with E-state index in [0.29, 0.717) is 11.8 Å². The quantitative estimate of drug-likeness (QED) is 0.790. The monoisotopic (exact) mass is 207 g/mol. The Kier molecular flexibility index (Phi) is 2.24. The van der Waals surface area contributed by atoms with Crippen LogP contribution in [0.5, 0.6) is 0 Å². The average Bonchev–Trinajstić information content (AvgIpc) is 2.59. The van der Waals surface area contributed by atoms with E-state index in [2.05, 4.69) is 14.8 Å². The van der Waals surface area contributed by atoms with E-state index in [-0.39, 0.29) is 6.61 Å². The predicted octanol–water partition coefficient (Wildman–Crippen LogP) is 1.10. The Bertz CT molecular complexity index is 357. The van der Waals surface area contributed by atoms with Crippen molar-refractivity contribution >= 4 is 0 Å². The molecule has 0 aromatic carbocycles. The standard InChI is InChI=1S/C11H17N3O/c15-7-8-4-5-14-10(6-8)12-13-11(14)9-2-1-3-9/h8-9,15H,1-7H2. The summed E-state index contributed by atoms with van der Waals surface area (Å²) in [5.74, 6) is 3.35. The Morgan fingerprint density at radius 3 is 2.80 bits per heavy atom. The van der Waals surface area contributed by atoms with Gasteiger partial charge in [0.2, 0.25) is 0 Å². The lowest BCUT2D eigenvalue weighted by Crippen LogP contribution is -2.25. The minimum absolute atomic E-state index is 0.283. The van der Waals surface area contributed by atoms with E-state index in [4.69, 9.17) is 5.11 Å². The summed E-state index contributed by atoms with van der Waals surface area (Å²) in [5, 5.41) is 17.7. The Morgan fingerprint density at radius 1 is 1.27 bits per heavy atom. The summed E-state index contributed by atoms with van der Waals surface area (Å²) in [7, 11) is 0. The highest BCUT2D eigenvalue weighted by Crippen LogP contribution is 2.36. The molecule has 1 unspecified atom stereocenters. The third kappa shape index (κ3) is 1.47. The van der Waals surface area contributed by atoms with Gasteiger partial charge < -0.3 is 9.67 Å². The highest BCUT2D eigenvalue weighted by Gasteiger charge is 2.29. The molecule has 1 aliphatic carbocycles. The summed E-state index contributed by atoms with van der Waals surface area (Å²) < 4.78 is 2.29. The van der Waals surface area contributed by atoms with E-state index >= 15 is 0 Å². The Hall–Kier alpha value is -0.900. The van der Waals surface area contributed by atoms with Crippen LogP contribution in [0.2, 0.25) is 0 Å². The molecule has 1 aromatic heterocycles. The first-order valence-corrected chi connectivity index (χ1v) is 5.91. The van der Waals surface area contributed by atoms with Gasteiger partial charge in [-0.2, -0.15) is 0 Å². The lowest BCUT2D eigenvalue weighted by Gasteiger charge is -2.28. The number of hydrogen-bond acceptors (Lipinski definition) is 3. The maximum Gasteiger partial charge on any atom is 0.136 e. The molecule has 0 radical (unpaired) electrons. The summed E-state index contributed by atoms with van der Waals surface area (Å²) in [6.45, 7) is 1.28. The molecule has 1 atom stereocenters. The lowest BCUT2D eigenvalue weighted by atomic mass is 9.84. The van der Waals surface area contributed by atoms with Gasteiger partial charge >= 0.3 is 0 Å². The van der Waals surface area contributed by atoms with Crippen molar-refractivity contribution in [2.24, 2.45) is 5.92 Å². The van der Waals surface area contributed by atoms with Crippen LogP contribution in [-0.2, 0) is 13.0 Å².